The molecule has 0 saturated heterocycles. The second-order valence-corrected chi connectivity index (χ2v) is 3.99. The lowest BCUT2D eigenvalue weighted by Crippen LogP contribution is -1.86. The number of halogens is 2. The van der Waals surface area contributed by atoms with Gasteiger partial charge in [-0.3, -0.25) is 0 Å². The molecule has 2 nitrogen and oxygen atoms in total. The van der Waals surface area contributed by atoms with Gasteiger partial charge in [0.2, 0.25) is 0 Å². The SMILES string of the molecule is N#Cc1ncc(Cl)c2cccc(Br)c12. The first-order valence-electron chi connectivity index (χ1n) is 3.87. The summed E-state index contributed by atoms with van der Waals surface area (Å²) in [5.74, 6) is 0. The molecule has 0 bridgehead atoms. The summed E-state index contributed by atoms with van der Waals surface area (Å²) < 4.78 is 0.835. The maximum Gasteiger partial charge on any atom is 0.149 e. The maximum atomic E-state index is 8.87. The molecular weight excluding hydrogens is 263 g/mol. The van der Waals surface area contributed by atoms with E-state index in [-0.39, 0.29) is 0 Å². The number of hydrogen-bond acceptors (Lipinski definition) is 2. The number of benzene rings is 1. The number of pyridine rings is 1. The van der Waals surface area contributed by atoms with Gasteiger partial charge in [0.15, 0.2) is 0 Å². The van der Waals surface area contributed by atoms with Crippen molar-refractivity contribution >= 4 is 38.3 Å². The van der Waals surface area contributed by atoms with Crippen LogP contribution in [0.4, 0.5) is 0 Å². The van der Waals surface area contributed by atoms with Crippen LogP contribution in [0.1, 0.15) is 5.69 Å². The molecular formula is C10H4BrClN2. The normalized spacial score (nSPS) is 10.1. The molecule has 1 aromatic heterocycles. The van der Waals surface area contributed by atoms with Crippen molar-refractivity contribution in [2.45, 2.75) is 0 Å². The Kier molecular flexibility index (Phi) is 2.40. The molecule has 14 heavy (non-hydrogen) atoms. The monoisotopic (exact) mass is 266 g/mol. The predicted molar refractivity (Wildman–Crippen MR) is 59.2 cm³/mol. The molecule has 0 saturated carbocycles. The summed E-state index contributed by atoms with van der Waals surface area (Å²) in [6.45, 7) is 0. The van der Waals surface area contributed by atoms with Crippen LogP contribution in [0, 0.1) is 11.3 Å². The third kappa shape index (κ3) is 1.37. The van der Waals surface area contributed by atoms with Gasteiger partial charge in [-0.1, -0.05) is 39.7 Å². The second kappa shape index (κ2) is 3.56. The Morgan fingerprint density at radius 2 is 2.21 bits per heavy atom. The van der Waals surface area contributed by atoms with Crippen LogP contribution in [0.25, 0.3) is 10.8 Å². The van der Waals surface area contributed by atoms with Gasteiger partial charge >= 0.3 is 0 Å². The average molecular weight is 268 g/mol. The number of nitriles is 1. The molecule has 0 unspecified atom stereocenters. The summed E-state index contributed by atoms with van der Waals surface area (Å²) in [7, 11) is 0. The Balaban J connectivity index is 3.01. The average Bonchev–Trinajstić information content (AvgIpc) is 2.20. The molecule has 0 aliphatic carbocycles. The number of rotatable bonds is 0. The smallest absolute Gasteiger partial charge is 0.149 e. The highest BCUT2D eigenvalue weighted by Crippen LogP contribution is 2.30. The third-order valence-electron chi connectivity index (χ3n) is 1.92. The Morgan fingerprint density at radius 1 is 1.43 bits per heavy atom. The van der Waals surface area contributed by atoms with Crippen molar-refractivity contribution in [3.8, 4) is 6.07 Å². The van der Waals surface area contributed by atoms with Crippen molar-refractivity contribution in [2.24, 2.45) is 0 Å². The van der Waals surface area contributed by atoms with Crippen LogP contribution in [-0.2, 0) is 0 Å². The van der Waals surface area contributed by atoms with E-state index in [2.05, 4.69) is 20.9 Å². The van der Waals surface area contributed by atoms with E-state index in [9.17, 15) is 0 Å². The minimum Gasteiger partial charge on any atom is -0.243 e. The largest absolute Gasteiger partial charge is 0.243 e. The molecule has 0 fully saturated rings. The molecule has 4 heteroatoms. The fourth-order valence-corrected chi connectivity index (χ4v) is 2.06. The minimum absolute atomic E-state index is 0.386. The Labute approximate surface area is 94.3 Å². The van der Waals surface area contributed by atoms with Crippen LogP contribution in [-0.4, -0.2) is 4.98 Å². The molecule has 0 aliphatic rings. The van der Waals surface area contributed by atoms with Gasteiger partial charge in [-0.25, -0.2) is 4.98 Å². The van der Waals surface area contributed by atoms with Crippen LogP contribution in [0.3, 0.4) is 0 Å². The van der Waals surface area contributed by atoms with Crippen LogP contribution in [0.5, 0.6) is 0 Å². The number of aromatic nitrogens is 1. The fourth-order valence-electron chi connectivity index (χ4n) is 1.30. The Hall–Kier alpha value is -1.11. The standard InChI is InChI=1S/C10H4BrClN2/c11-7-3-1-2-6-8(12)5-14-9(4-13)10(6)7/h1-3,5H. The minimum atomic E-state index is 0.386. The number of nitrogens with zero attached hydrogens (tertiary/aromatic N) is 2. The zero-order valence-electron chi connectivity index (χ0n) is 6.96. The maximum absolute atomic E-state index is 8.87. The molecule has 0 spiro atoms. The van der Waals surface area contributed by atoms with Crippen molar-refractivity contribution < 1.29 is 0 Å². The van der Waals surface area contributed by atoms with Gasteiger partial charge in [-0.2, -0.15) is 5.26 Å². The summed E-state index contributed by atoms with van der Waals surface area (Å²) in [5.41, 5.74) is 0.386. The van der Waals surface area contributed by atoms with Crippen LogP contribution in [0.2, 0.25) is 5.02 Å². The molecule has 68 valence electrons. The molecule has 1 aromatic carbocycles. The van der Waals surface area contributed by atoms with Crippen LogP contribution >= 0.6 is 27.5 Å². The van der Waals surface area contributed by atoms with Crippen molar-refractivity contribution in [3.05, 3.63) is 39.6 Å². The fraction of sp³-hybridized carbons (Fsp3) is 0. The van der Waals surface area contributed by atoms with E-state index in [1.807, 2.05) is 24.3 Å². The van der Waals surface area contributed by atoms with Gasteiger partial charge in [-0.15, -0.1) is 0 Å². The van der Waals surface area contributed by atoms with Gasteiger partial charge in [0.05, 0.1) is 5.02 Å². The van der Waals surface area contributed by atoms with Gasteiger partial charge in [0.1, 0.15) is 11.8 Å². The van der Waals surface area contributed by atoms with Gasteiger partial charge in [0.25, 0.3) is 0 Å². The first-order valence-corrected chi connectivity index (χ1v) is 5.04. The third-order valence-corrected chi connectivity index (χ3v) is 2.88. The second-order valence-electron chi connectivity index (χ2n) is 2.73. The van der Waals surface area contributed by atoms with E-state index in [1.165, 1.54) is 6.20 Å². The summed E-state index contributed by atoms with van der Waals surface area (Å²) in [6, 6.07) is 7.64. The molecule has 0 aliphatic heterocycles. The highest BCUT2D eigenvalue weighted by Gasteiger charge is 2.08. The summed E-state index contributed by atoms with van der Waals surface area (Å²) in [6.07, 6.45) is 1.49. The molecule has 1 heterocycles. The van der Waals surface area contributed by atoms with Crippen molar-refractivity contribution in [1.82, 2.24) is 4.98 Å². The summed E-state index contributed by atoms with van der Waals surface area (Å²) >= 11 is 9.34. The van der Waals surface area contributed by atoms with Crippen molar-refractivity contribution in [2.75, 3.05) is 0 Å². The molecule has 0 N–H and O–H groups in total. The first kappa shape index (κ1) is 9.45. The van der Waals surface area contributed by atoms with Gasteiger partial charge in [0, 0.05) is 21.4 Å². The summed E-state index contributed by atoms with van der Waals surface area (Å²) in [4.78, 5) is 3.96. The zero-order valence-corrected chi connectivity index (χ0v) is 9.30. The van der Waals surface area contributed by atoms with E-state index < -0.39 is 0 Å². The Morgan fingerprint density at radius 3 is 2.93 bits per heavy atom. The first-order chi connectivity index (χ1) is 6.74. The van der Waals surface area contributed by atoms with E-state index in [1.54, 1.807) is 0 Å². The van der Waals surface area contributed by atoms with Crippen molar-refractivity contribution in [3.63, 3.8) is 0 Å². The summed E-state index contributed by atoms with van der Waals surface area (Å²) in [5, 5.41) is 11.0. The lowest BCUT2D eigenvalue weighted by Gasteiger charge is -2.03. The number of fused-ring (bicyclic) bond motifs is 1. The van der Waals surface area contributed by atoms with Crippen LogP contribution < -0.4 is 0 Å². The van der Waals surface area contributed by atoms with E-state index in [0.717, 1.165) is 15.2 Å². The highest BCUT2D eigenvalue weighted by atomic mass is 79.9. The highest BCUT2D eigenvalue weighted by molar-refractivity contribution is 9.10. The molecule has 0 radical (unpaired) electrons. The van der Waals surface area contributed by atoms with E-state index in [4.69, 9.17) is 16.9 Å². The predicted octanol–water partition coefficient (Wildman–Crippen LogP) is 3.52. The van der Waals surface area contributed by atoms with Crippen molar-refractivity contribution in [1.29, 1.82) is 5.26 Å². The molecule has 0 amide bonds. The van der Waals surface area contributed by atoms with Gasteiger partial charge < -0.3 is 0 Å². The van der Waals surface area contributed by atoms with E-state index >= 15 is 0 Å². The molecule has 0 atom stereocenters. The van der Waals surface area contributed by atoms with E-state index in [0.29, 0.717) is 10.7 Å². The quantitative estimate of drug-likeness (QED) is 0.732. The number of hydrogen-bond donors (Lipinski definition) is 0. The molecule has 2 aromatic rings. The van der Waals surface area contributed by atoms with Gasteiger partial charge in [-0.05, 0) is 6.07 Å². The molecule has 2 rings (SSSR count). The topological polar surface area (TPSA) is 36.7 Å². The van der Waals surface area contributed by atoms with Crippen LogP contribution in [0.15, 0.2) is 28.9 Å². The lowest BCUT2D eigenvalue weighted by atomic mass is 10.1. The lowest BCUT2D eigenvalue weighted by molar-refractivity contribution is 1.29. The zero-order chi connectivity index (χ0) is 10.1. The Bertz CT molecular complexity index is 546.